The topological polar surface area (TPSA) is 17.1 Å². The van der Waals surface area contributed by atoms with E-state index in [9.17, 15) is 4.79 Å². The van der Waals surface area contributed by atoms with Gasteiger partial charge in [-0.1, -0.05) is 23.2 Å². The minimum atomic E-state index is -0.293. The van der Waals surface area contributed by atoms with Crippen LogP contribution in [0.5, 0.6) is 0 Å². The van der Waals surface area contributed by atoms with Crippen molar-refractivity contribution in [3.05, 3.63) is 34.3 Å². The van der Waals surface area contributed by atoms with E-state index < -0.39 is 0 Å². The first kappa shape index (κ1) is 8.62. The second kappa shape index (κ2) is 3.28. The third-order valence-electron chi connectivity index (χ3n) is 1.35. The lowest BCUT2D eigenvalue weighted by molar-refractivity contribution is 0.109. The number of hydrogen-bond donors (Lipinski definition) is 1. The van der Waals surface area contributed by atoms with Crippen LogP contribution in [0.3, 0.4) is 0 Å². The highest BCUT2D eigenvalue weighted by molar-refractivity contribution is 7.97. The molecule has 11 heavy (non-hydrogen) atoms. The molecule has 58 valence electrons. The Morgan fingerprint density at radius 3 is 2.64 bits per heavy atom. The van der Waals surface area contributed by atoms with Gasteiger partial charge in [0.1, 0.15) is 0 Å². The maximum absolute atomic E-state index is 10.8. The third-order valence-corrected chi connectivity index (χ3v) is 1.92. The summed E-state index contributed by atoms with van der Waals surface area (Å²) in [5, 5.41) is 0.161. The van der Waals surface area contributed by atoms with Crippen molar-refractivity contribution in [3.63, 3.8) is 0 Å². The molecule has 0 aliphatic carbocycles. The number of halogens is 1. The highest BCUT2D eigenvalue weighted by atomic mass is 35.5. The normalized spacial score (nSPS) is 9.73. The summed E-state index contributed by atoms with van der Waals surface area (Å²) in [6, 6.07) is 5.26. The molecule has 1 rings (SSSR count). The number of aryl methyl sites for hydroxylation is 1. The molecule has 0 N–H and O–H groups in total. The summed E-state index contributed by atoms with van der Waals surface area (Å²) in [6.07, 6.45) is 0. The van der Waals surface area contributed by atoms with E-state index in [0.29, 0.717) is 10.6 Å². The van der Waals surface area contributed by atoms with Crippen LogP contribution >= 0.6 is 24.2 Å². The monoisotopic (exact) mass is 186 g/mol. The molecule has 0 spiro atoms. The van der Waals surface area contributed by atoms with Gasteiger partial charge in [0.05, 0.1) is 5.02 Å². The fourth-order valence-corrected chi connectivity index (χ4v) is 1.26. The molecular formula is C8H7ClOS. The molecule has 1 aromatic carbocycles. The van der Waals surface area contributed by atoms with E-state index in [0.717, 1.165) is 5.56 Å². The molecule has 0 heterocycles. The fraction of sp³-hybridized carbons (Fsp3) is 0.125. The number of thiol groups is 1. The van der Waals surface area contributed by atoms with Crippen LogP contribution in [0.4, 0.5) is 0 Å². The zero-order valence-electron chi connectivity index (χ0n) is 5.97. The molecule has 1 aromatic rings. The van der Waals surface area contributed by atoms with Crippen LogP contribution < -0.4 is 0 Å². The zero-order chi connectivity index (χ0) is 8.43. The summed E-state index contributed by atoms with van der Waals surface area (Å²) in [6.45, 7) is 1.90. The summed E-state index contributed by atoms with van der Waals surface area (Å²) in [4.78, 5) is 10.8. The van der Waals surface area contributed by atoms with Gasteiger partial charge in [0.15, 0.2) is 0 Å². The third kappa shape index (κ3) is 1.98. The number of carbonyl (C=O) groups is 1. The lowest BCUT2D eigenvalue weighted by Gasteiger charge is -1.99. The first-order valence-corrected chi connectivity index (χ1v) is 3.93. The average Bonchev–Trinajstić information content (AvgIpc) is 1.94. The van der Waals surface area contributed by atoms with Crippen molar-refractivity contribution in [3.8, 4) is 0 Å². The van der Waals surface area contributed by atoms with Gasteiger partial charge < -0.3 is 0 Å². The predicted octanol–water partition coefficient (Wildman–Crippen LogP) is 2.72. The highest BCUT2D eigenvalue weighted by Crippen LogP contribution is 2.18. The smallest absolute Gasteiger partial charge is 0.217 e. The van der Waals surface area contributed by atoms with Gasteiger partial charge in [0.25, 0.3) is 0 Å². The van der Waals surface area contributed by atoms with Crippen molar-refractivity contribution in [1.29, 1.82) is 0 Å². The van der Waals surface area contributed by atoms with Crippen molar-refractivity contribution >= 4 is 29.3 Å². The molecule has 1 nitrogen and oxygen atoms in total. The van der Waals surface area contributed by atoms with Gasteiger partial charge in [0, 0.05) is 5.56 Å². The van der Waals surface area contributed by atoms with E-state index in [1.54, 1.807) is 12.1 Å². The van der Waals surface area contributed by atoms with E-state index in [1.165, 1.54) is 0 Å². The van der Waals surface area contributed by atoms with Crippen molar-refractivity contribution in [2.45, 2.75) is 6.92 Å². The minimum Gasteiger partial charge on any atom is -0.282 e. The van der Waals surface area contributed by atoms with E-state index >= 15 is 0 Å². The van der Waals surface area contributed by atoms with Crippen molar-refractivity contribution in [1.82, 2.24) is 0 Å². The summed E-state index contributed by atoms with van der Waals surface area (Å²) in [7, 11) is 0. The molecule has 0 saturated carbocycles. The first-order chi connectivity index (χ1) is 5.11. The molecular weight excluding hydrogens is 180 g/mol. The van der Waals surface area contributed by atoms with Crippen LogP contribution in [-0.2, 0) is 0 Å². The van der Waals surface area contributed by atoms with Crippen LogP contribution in [0.2, 0.25) is 5.02 Å². The van der Waals surface area contributed by atoms with Crippen LogP contribution in [-0.4, -0.2) is 5.12 Å². The average molecular weight is 187 g/mol. The molecule has 0 fully saturated rings. The fourth-order valence-electron chi connectivity index (χ4n) is 0.803. The van der Waals surface area contributed by atoms with Crippen molar-refractivity contribution in [2.24, 2.45) is 0 Å². The standard InChI is InChI=1S/C8H7ClOS/c1-5-2-3-7(9)6(4-5)8(10)11/h2-4H,1H3,(H,10,11). The predicted molar refractivity (Wildman–Crippen MR) is 49.5 cm³/mol. The number of benzene rings is 1. The zero-order valence-corrected chi connectivity index (χ0v) is 7.62. The Kier molecular flexibility index (Phi) is 2.58. The summed E-state index contributed by atoms with van der Waals surface area (Å²) in [5.74, 6) is 0. The molecule has 0 aromatic heterocycles. The molecule has 0 radical (unpaired) electrons. The Hall–Kier alpha value is -0.470. The minimum absolute atomic E-state index is 0.293. The lowest BCUT2D eigenvalue weighted by Crippen LogP contribution is -1.90. The Bertz CT molecular complexity index is 296. The maximum Gasteiger partial charge on any atom is 0.217 e. The van der Waals surface area contributed by atoms with E-state index in [4.69, 9.17) is 11.6 Å². The second-order valence-corrected chi connectivity index (χ2v) is 3.10. The lowest BCUT2D eigenvalue weighted by atomic mass is 10.1. The van der Waals surface area contributed by atoms with Gasteiger partial charge in [-0.25, -0.2) is 0 Å². The van der Waals surface area contributed by atoms with Crippen LogP contribution in [0.25, 0.3) is 0 Å². The van der Waals surface area contributed by atoms with E-state index in [2.05, 4.69) is 12.6 Å². The summed E-state index contributed by atoms with van der Waals surface area (Å²) >= 11 is 9.40. The van der Waals surface area contributed by atoms with Gasteiger partial charge in [-0.3, -0.25) is 4.79 Å². The molecule has 0 unspecified atom stereocenters. The summed E-state index contributed by atoms with van der Waals surface area (Å²) < 4.78 is 0. The van der Waals surface area contributed by atoms with Gasteiger partial charge in [-0.2, -0.15) is 0 Å². The summed E-state index contributed by atoms with van der Waals surface area (Å²) in [5.41, 5.74) is 1.47. The number of hydrogen-bond acceptors (Lipinski definition) is 1. The quantitative estimate of drug-likeness (QED) is 0.668. The SMILES string of the molecule is Cc1ccc(Cl)c(C(=O)S)c1. The van der Waals surface area contributed by atoms with Gasteiger partial charge >= 0.3 is 0 Å². The molecule has 0 atom stereocenters. The Balaban J connectivity index is 3.23. The van der Waals surface area contributed by atoms with E-state index in [-0.39, 0.29) is 5.12 Å². The van der Waals surface area contributed by atoms with Crippen LogP contribution in [0.15, 0.2) is 18.2 Å². The highest BCUT2D eigenvalue weighted by Gasteiger charge is 2.04. The van der Waals surface area contributed by atoms with Gasteiger partial charge in [0.2, 0.25) is 5.12 Å². The van der Waals surface area contributed by atoms with Gasteiger partial charge in [-0.05, 0) is 19.1 Å². The molecule has 0 saturated heterocycles. The van der Waals surface area contributed by atoms with Crippen molar-refractivity contribution in [2.75, 3.05) is 0 Å². The molecule has 0 aliphatic rings. The molecule has 0 aliphatic heterocycles. The Labute approximate surface area is 75.8 Å². The van der Waals surface area contributed by atoms with Gasteiger partial charge in [-0.15, -0.1) is 12.6 Å². The van der Waals surface area contributed by atoms with Crippen LogP contribution in [0.1, 0.15) is 15.9 Å². The maximum atomic E-state index is 10.8. The van der Waals surface area contributed by atoms with Crippen LogP contribution in [0, 0.1) is 6.92 Å². The second-order valence-electron chi connectivity index (χ2n) is 2.29. The Morgan fingerprint density at radius 1 is 1.55 bits per heavy atom. The molecule has 0 amide bonds. The van der Waals surface area contributed by atoms with Crippen molar-refractivity contribution < 1.29 is 4.79 Å². The first-order valence-electron chi connectivity index (χ1n) is 3.10. The number of rotatable bonds is 1. The molecule has 0 bridgehead atoms. The number of carbonyl (C=O) groups excluding carboxylic acids is 1. The molecule has 3 heteroatoms. The van der Waals surface area contributed by atoms with E-state index in [1.807, 2.05) is 13.0 Å². The largest absolute Gasteiger partial charge is 0.282 e. The Morgan fingerprint density at radius 2 is 2.18 bits per heavy atom.